The van der Waals surface area contributed by atoms with Gasteiger partial charge in [-0.1, -0.05) is 12.1 Å². The number of nitrogens with zero attached hydrogens (tertiary/aromatic N) is 1. The zero-order chi connectivity index (χ0) is 18.7. The molecule has 0 radical (unpaired) electrons. The highest BCUT2D eigenvalue weighted by Gasteiger charge is 2.13. The van der Waals surface area contributed by atoms with Crippen LogP contribution in [0.2, 0.25) is 0 Å². The van der Waals surface area contributed by atoms with E-state index in [0.717, 1.165) is 16.6 Å². The SMILES string of the molecule is COc1ccc2c(c1)c(=O)c1cc3[nH]c4ccccc4c(=O)c3cc1n2C. The first kappa shape index (κ1) is 15.6. The fraction of sp³-hybridized carbons (Fsp3) is 0.0909. The van der Waals surface area contributed by atoms with Crippen LogP contribution in [0.25, 0.3) is 43.6 Å². The van der Waals surface area contributed by atoms with Gasteiger partial charge in [-0.15, -0.1) is 0 Å². The third-order valence-corrected chi connectivity index (χ3v) is 5.24. The maximum absolute atomic E-state index is 13.1. The molecule has 0 aliphatic rings. The summed E-state index contributed by atoms with van der Waals surface area (Å²) >= 11 is 0. The summed E-state index contributed by atoms with van der Waals surface area (Å²) in [5.41, 5.74) is 2.83. The van der Waals surface area contributed by atoms with Crippen LogP contribution >= 0.6 is 0 Å². The summed E-state index contributed by atoms with van der Waals surface area (Å²) in [5, 5.41) is 2.37. The number of ether oxygens (including phenoxy) is 1. The molecule has 0 amide bonds. The minimum atomic E-state index is -0.0760. The Morgan fingerprint density at radius 3 is 2.33 bits per heavy atom. The number of aryl methyl sites for hydroxylation is 1. The Hall–Kier alpha value is -3.60. The van der Waals surface area contributed by atoms with Gasteiger partial charge in [0.2, 0.25) is 0 Å². The van der Waals surface area contributed by atoms with Crippen LogP contribution in [0.4, 0.5) is 0 Å². The second-order valence-electron chi connectivity index (χ2n) is 6.69. The second-order valence-corrected chi connectivity index (χ2v) is 6.69. The fourth-order valence-electron chi connectivity index (χ4n) is 3.81. The van der Waals surface area contributed by atoms with E-state index >= 15 is 0 Å². The van der Waals surface area contributed by atoms with Gasteiger partial charge in [-0.05, 0) is 42.5 Å². The normalized spacial score (nSPS) is 11.6. The zero-order valence-electron chi connectivity index (χ0n) is 14.9. The summed E-state index contributed by atoms with van der Waals surface area (Å²) in [4.78, 5) is 29.4. The standard InChI is InChI=1S/C22H16N2O3/c1-24-19-8-7-12(27-2)9-15(19)22(26)16-10-18-14(11-20(16)24)21(25)13-5-3-4-6-17(13)23-18/h3-11H,1-2H3,(H,23,25). The van der Waals surface area contributed by atoms with Gasteiger partial charge in [-0.2, -0.15) is 0 Å². The van der Waals surface area contributed by atoms with E-state index in [0.29, 0.717) is 32.8 Å². The number of nitrogens with one attached hydrogen (secondary N) is 1. The largest absolute Gasteiger partial charge is 0.497 e. The maximum Gasteiger partial charge on any atom is 0.197 e. The Balaban J connectivity index is 2.02. The van der Waals surface area contributed by atoms with Crippen LogP contribution in [0.1, 0.15) is 0 Å². The minimum absolute atomic E-state index is 0.0384. The van der Waals surface area contributed by atoms with Gasteiger partial charge in [0.25, 0.3) is 0 Å². The van der Waals surface area contributed by atoms with E-state index in [4.69, 9.17) is 4.74 Å². The highest BCUT2D eigenvalue weighted by atomic mass is 16.5. The van der Waals surface area contributed by atoms with Crippen LogP contribution in [0.15, 0.2) is 64.2 Å². The highest BCUT2D eigenvalue weighted by molar-refractivity contribution is 6.03. The third-order valence-electron chi connectivity index (χ3n) is 5.24. The second kappa shape index (κ2) is 5.45. The monoisotopic (exact) mass is 356 g/mol. The molecule has 0 fully saturated rings. The summed E-state index contributed by atoms with van der Waals surface area (Å²) in [7, 11) is 3.48. The lowest BCUT2D eigenvalue weighted by atomic mass is 10.0. The van der Waals surface area contributed by atoms with Crippen molar-refractivity contribution in [3.63, 3.8) is 0 Å². The van der Waals surface area contributed by atoms with Crippen LogP contribution < -0.4 is 15.6 Å². The lowest BCUT2D eigenvalue weighted by molar-refractivity contribution is 0.415. The molecule has 0 aliphatic carbocycles. The molecule has 3 aromatic carbocycles. The van der Waals surface area contributed by atoms with E-state index in [2.05, 4.69) is 4.98 Å². The van der Waals surface area contributed by atoms with Gasteiger partial charge in [0.05, 0.1) is 23.7 Å². The van der Waals surface area contributed by atoms with Gasteiger partial charge in [-0.25, -0.2) is 0 Å². The Labute approximate surface area is 153 Å². The van der Waals surface area contributed by atoms with Gasteiger partial charge in [0.15, 0.2) is 10.9 Å². The molecule has 0 unspecified atom stereocenters. The summed E-state index contributed by atoms with van der Waals surface area (Å²) in [6.45, 7) is 0. The molecule has 0 saturated heterocycles. The van der Waals surface area contributed by atoms with Crippen molar-refractivity contribution in [3.05, 3.63) is 75.0 Å². The van der Waals surface area contributed by atoms with E-state index in [9.17, 15) is 9.59 Å². The number of fused-ring (bicyclic) bond motifs is 4. The predicted octanol–water partition coefficient (Wildman–Crippen LogP) is 3.70. The molecule has 2 heterocycles. The minimum Gasteiger partial charge on any atom is -0.497 e. The number of para-hydroxylation sites is 1. The zero-order valence-corrected chi connectivity index (χ0v) is 14.9. The van der Waals surface area contributed by atoms with Crippen LogP contribution in [0.5, 0.6) is 5.75 Å². The van der Waals surface area contributed by atoms with Crippen LogP contribution in [-0.4, -0.2) is 16.7 Å². The molecule has 0 bridgehead atoms. The van der Waals surface area contributed by atoms with Crippen molar-refractivity contribution in [1.82, 2.24) is 9.55 Å². The van der Waals surface area contributed by atoms with Crippen LogP contribution in [0, 0.1) is 0 Å². The molecule has 27 heavy (non-hydrogen) atoms. The molecule has 0 aliphatic heterocycles. The van der Waals surface area contributed by atoms with Gasteiger partial charge in [-0.3, -0.25) is 9.59 Å². The molecule has 5 aromatic rings. The van der Waals surface area contributed by atoms with Crippen LogP contribution in [0.3, 0.4) is 0 Å². The number of H-pyrrole nitrogens is 1. The van der Waals surface area contributed by atoms with Crippen molar-refractivity contribution in [3.8, 4) is 5.75 Å². The average molecular weight is 356 g/mol. The highest BCUT2D eigenvalue weighted by Crippen LogP contribution is 2.25. The lowest BCUT2D eigenvalue weighted by Crippen LogP contribution is -2.11. The van der Waals surface area contributed by atoms with Gasteiger partial charge >= 0.3 is 0 Å². The van der Waals surface area contributed by atoms with Crippen molar-refractivity contribution in [2.75, 3.05) is 7.11 Å². The lowest BCUT2D eigenvalue weighted by Gasteiger charge is -2.12. The number of hydrogen-bond donors (Lipinski definition) is 1. The fourth-order valence-corrected chi connectivity index (χ4v) is 3.81. The molecule has 0 spiro atoms. The summed E-state index contributed by atoms with van der Waals surface area (Å²) in [5.74, 6) is 0.638. The molecule has 2 aromatic heterocycles. The van der Waals surface area contributed by atoms with Crippen molar-refractivity contribution in [2.45, 2.75) is 0 Å². The number of aromatic amines is 1. The van der Waals surface area contributed by atoms with Crippen molar-refractivity contribution in [1.29, 1.82) is 0 Å². The predicted molar refractivity (Wildman–Crippen MR) is 109 cm³/mol. The molecule has 5 heteroatoms. The molecule has 1 N–H and O–H groups in total. The Bertz CT molecular complexity index is 1510. The molecule has 5 nitrogen and oxygen atoms in total. The van der Waals surface area contributed by atoms with E-state index < -0.39 is 0 Å². The Morgan fingerprint density at radius 2 is 1.52 bits per heavy atom. The Morgan fingerprint density at radius 1 is 0.778 bits per heavy atom. The summed E-state index contributed by atoms with van der Waals surface area (Å²) < 4.78 is 7.21. The molecule has 0 saturated carbocycles. The van der Waals surface area contributed by atoms with E-state index in [1.54, 1.807) is 25.3 Å². The van der Waals surface area contributed by atoms with Gasteiger partial charge in [0.1, 0.15) is 5.75 Å². The van der Waals surface area contributed by atoms with E-state index in [1.165, 1.54) is 0 Å². The number of rotatable bonds is 1. The number of benzene rings is 3. The van der Waals surface area contributed by atoms with Crippen molar-refractivity contribution < 1.29 is 4.74 Å². The van der Waals surface area contributed by atoms with Crippen molar-refractivity contribution in [2.24, 2.45) is 7.05 Å². The Kier molecular flexibility index (Phi) is 3.15. The quantitative estimate of drug-likeness (QED) is 0.466. The first-order valence-electron chi connectivity index (χ1n) is 8.64. The van der Waals surface area contributed by atoms with E-state index in [1.807, 2.05) is 48.0 Å². The number of methoxy groups -OCH3 is 1. The van der Waals surface area contributed by atoms with Gasteiger partial charge in [0, 0.05) is 34.1 Å². The molecule has 0 atom stereocenters. The summed E-state index contributed by atoms with van der Waals surface area (Å²) in [6.07, 6.45) is 0. The average Bonchev–Trinajstić information content (AvgIpc) is 2.71. The maximum atomic E-state index is 13.1. The number of pyridine rings is 2. The summed E-state index contributed by atoms with van der Waals surface area (Å²) in [6, 6.07) is 16.4. The van der Waals surface area contributed by atoms with Gasteiger partial charge < -0.3 is 14.3 Å². The topological polar surface area (TPSA) is 64.1 Å². The molecule has 5 rings (SSSR count). The van der Waals surface area contributed by atoms with Crippen molar-refractivity contribution >= 4 is 43.6 Å². The smallest absolute Gasteiger partial charge is 0.197 e. The first-order valence-corrected chi connectivity index (χ1v) is 8.64. The molecular weight excluding hydrogens is 340 g/mol. The first-order chi connectivity index (χ1) is 13.1. The van der Waals surface area contributed by atoms with Crippen LogP contribution in [-0.2, 0) is 7.05 Å². The van der Waals surface area contributed by atoms with E-state index in [-0.39, 0.29) is 10.9 Å². The number of hydrogen-bond acceptors (Lipinski definition) is 3. The molecular formula is C22H16N2O3. The number of aromatic nitrogens is 2. The third kappa shape index (κ3) is 2.11. The molecule has 132 valence electrons.